The molecule has 0 saturated heterocycles. The number of ether oxygens (including phenoxy) is 1. The summed E-state index contributed by atoms with van der Waals surface area (Å²) in [6, 6.07) is 6.94. The van der Waals surface area contributed by atoms with Crippen LogP contribution >= 0.6 is 11.3 Å². The molecule has 0 radical (unpaired) electrons. The summed E-state index contributed by atoms with van der Waals surface area (Å²) in [6.45, 7) is 3.35. The topological polar surface area (TPSA) is 102 Å². The number of nitrogens with zero attached hydrogens (tertiary/aromatic N) is 2. The molecule has 0 aliphatic heterocycles. The van der Waals surface area contributed by atoms with Crippen molar-refractivity contribution < 1.29 is 19.1 Å². The molecule has 0 saturated carbocycles. The van der Waals surface area contributed by atoms with Gasteiger partial charge in [-0.25, -0.2) is 9.78 Å². The summed E-state index contributed by atoms with van der Waals surface area (Å²) < 4.78 is 6.60. The fourth-order valence-corrected chi connectivity index (χ4v) is 2.98. The average molecular weight is 372 g/mol. The van der Waals surface area contributed by atoms with Crippen LogP contribution in [-0.4, -0.2) is 33.4 Å². The third-order valence-electron chi connectivity index (χ3n) is 3.29. The van der Waals surface area contributed by atoms with E-state index in [0.717, 1.165) is 0 Å². The van der Waals surface area contributed by atoms with Gasteiger partial charge in [0.2, 0.25) is 0 Å². The van der Waals surface area contributed by atoms with Crippen LogP contribution in [0.3, 0.4) is 0 Å². The van der Waals surface area contributed by atoms with Crippen LogP contribution in [0.2, 0.25) is 0 Å². The lowest BCUT2D eigenvalue weighted by atomic mass is 10.3. The number of imidazole rings is 1. The van der Waals surface area contributed by atoms with Crippen molar-refractivity contribution in [3.63, 3.8) is 0 Å². The fourth-order valence-electron chi connectivity index (χ4n) is 2.20. The van der Waals surface area contributed by atoms with Crippen LogP contribution in [0.25, 0.3) is 5.65 Å². The number of aromatic nitrogens is 2. The van der Waals surface area contributed by atoms with Crippen molar-refractivity contribution >= 4 is 39.9 Å². The normalized spacial score (nSPS) is 10.7. The Morgan fingerprint density at radius 1 is 1.19 bits per heavy atom. The number of rotatable bonds is 4. The number of nitrogens with one attached hydrogen (secondary N) is 2. The molecule has 0 fully saturated rings. The zero-order valence-electron chi connectivity index (χ0n) is 14.1. The Labute approximate surface area is 152 Å². The van der Waals surface area contributed by atoms with Gasteiger partial charge in [-0.15, -0.1) is 11.3 Å². The predicted octanol–water partition coefficient (Wildman–Crippen LogP) is 2.92. The van der Waals surface area contributed by atoms with Gasteiger partial charge in [0.05, 0.1) is 11.7 Å². The van der Waals surface area contributed by atoms with Crippen molar-refractivity contribution in [2.45, 2.75) is 20.0 Å². The molecule has 0 bridgehead atoms. The minimum atomic E-state index is -0.839. The number of fused-ring (bicyclic) bond motifs is 1. The summed E-state index contributed by atoms with van der Waals surface area (Å²) in [5.74, 6) is -1.10. The number of anilines is 1. The lowest BCUT2D eigenvalue weighted by Crippen LogP contribution is -2.32. The maximum absolute atomic E-state index is 12.4. The fraction of sp³-hybridized carbons (Fsp3) is 0.176. The Kier molecular flexibility index (Phi) is 4.99. The van der Waals surface area contributed by atoms with E-state index in [4.69, 9.17) is 4.74 Å². The van der Waals surface area contributed by atoms with E-state index in [1.165, 1.54) is 17.4 Å². The van der Waals surface area contributed by atoms with Crippen molar-refractivity contribution in [1.29, 1.82) is 0 Å². The molecule has 3 aromatic rings. The Hall–Kier alpha value is -3.20. The van der Waals surface area contributed by atoms with Crippen molar-refractivity contribution in [2.75, 3.05) is 5.32 Å². The summed E-state index contributed by atoms with van der Waals surface area (Å²) in [7, 11) is 0. The molecule has 26 heavy (non-hydrogen) atoms. The molecule has 3 amide bonds. The molecular weight excluding hydrogens is 356 g/mol. The Morgan fingerprint density at radius 3 is 2.73 bits per heavy atom. The van der Waals surface area contributed by atoms with E-state index in [2.05, 4.69) is 15.6 Å². The van der Waals surface area contributed by atoms with Crippen molar-refractivity contribution in [2.24, 2.45) is 0 Å². The van der Waals surface area contributed by atoms with Gasteiger partial charge in [-0.1, -0.05) is 6.07 Å². The predicted molar refractivity (Wildman–Crippen MR) is 96.5 cm³/mol. The lowest BCUT2D eigenvalue weighted by molar-refractivity contribution is 0.0877. The maximum atomic E-state index is 12.4. The first kappa shape index (κ1) is 17.6. The molecule has 3 heterocycles. The third-order valence-corrected chi connectivity index (χ3v) is 4.12. The van der Waals surface area contributed by atoms with Crippen LogP contribution in [0.5, 0.6) is 0 Å². The Bertz CT molecular complexity index is 943. The van der Waals surface area contributed by atoms with Crippen LogP contribution in [0.1, 0.15) is 34.7 Å². The second-order valence-electron chi connectivity index (χ2n) is 5.62. The summed E-state index contributed by atoms with van der Waals surface area (Å²) in [5, 5.41) is 6.74. The first-order chi connectivity index (χ1) is 12.4. The zero-order valence-corrected chi connectivity index (χ0v) is 14.9. The molecule has 0 atom stereocenters. The number of imide groups is 1. The molecule has 3 rings (SSSR count). The van der Waals surface area contributed by atoms with E-state index in [0.29, 0.717) is 10.6 Å². The van der Waals surface area contributed by atoms with Gasteiger partial charge < -0.3 is 14.5 Å². The van der Waals surface area contributed by atoms with Crippen LogP contribution in [0.15, 0.2) is 42.0 Å². The SMILES string of the molecule is CC(C)OC(=O)NC(=O)c1ccsc1NC(=O)c1cn2ccccc2n1. The number of pyridine rings is 1. The molecule has 134 valence electrons. The smallest absolute Gasteiger partial charge is 0.414 e. The number of thiophene rings is 1. The van der Waals surface area contributed by atoms with E-state index in [1.54, 1.807) is 42.1 Å². The van der Waals surface area contributed by atoms with E-state index in [-0.39, 0.29) is 17.4 Å². The maximum Gasteiger partial charge on any atom is 0.414 e. The zero-order chi connectivity index (χ0) is 18.7. The van der Waals surface area contributed by atoms with Crippen molar-refractivity contribution in [3.8, 4) is 0 Å². The van der Waals surface area contributed by atoms with Crippen LogP contribution in [-0.2, 0) is 4.74 Å². The van der Waals surface area contributed by atoms with Gasteiger partial charge in [0.15, 0.2) is 0 Å². The standard InChI is InChI=1S/C17H16N4O4S/c1-10(2)25-17(24)20-14(22)11-6-8-26-16(11)19-15(23)12-9-21-7-4-3-5-13(21)18-12/h3-10H,1-2H3,(H,19,23)(H,20,22,24). The third kappa shape index (κ3) is 3.89. The van der Waals surface area contributed by atoms with Gasteiger partial charge in [-0.05, 0) is 37.4 Å². The van der Waals surface area contributed by atoms with Gasteiger partial charge in [-0.2, -0.15) is 0 Å². The van der Waals surface area contributed by atoms with E-state index < -0.39 is 17.9 Å². The molecule has 0 aromatic carbocycles. The first-order valence-electron chi connectivity index (χ1n) is 7.78. The highest BCUT2D eigenvalue weighted by molar-refractivity contribution is 7.14. The van der Waals surface area contributed by atoms with Crippen LogP contribution < -0.4 is 10.6 Å². The second kappa shape index (κ2) is 7.36. The quantitative estimate of drug-likeness (QED) is 0.733. The monoisotopic (exact) mass is 372 g/mol. The minimum Gasteiger partial charge on any atom is -0.447 e. The Morgan fingerprint density at radius 2 is 2.00 bits per heavy atom. The molecule has 0 aliphatic carbocycles. The number of hydrogen-bond donors (Lipinski definition) is 2. The first-order valence-corrected chi connectivity index (χ1v) is 8.66. The molecule has 8 nitrogen and oxygen atoms in total. The number of alkyl carbamates (subject to hydrolysis) is 1. The number of carbonyl (C=O) groups is 3. The van der Waals surface area contributed by atoms with Crippen molar-refractivity contribution in [1.82, 2.24) is 14.7 Å². The van der Waals surface area contributed by atoms with E-state index in [9.17, 15) is 14.4 Å². The summed E-state index contributed by atoms with van der Waals surface area (Å²) in [5.41, 5.74) is 1.03. The largest absolute Gasteiger partial charge is 0.447 e. The van der Waals surface area contributed by atoms with Gasteiger partial charge >= 0.3 is 6.09 Å². The van der Waals surface area contributed by atoms with E-state index in [1.807, 2.05) is 12.1 Å². The molecular formula is C17H16N4O4S. The molecule has 0 unspecified atom stereocenters. The lowest BCUT2D eigenvalue weighted by Gasteiger charge is -2.09. The van der Waals surface area contributed by atoms with Gasteiger partial charge in [0, 0.05) is 12.4 Å². The van der Waals surface area contributed by atoms with Gasteiger partial charge in [0.25, 0.3) is 11.8 Å². The summed E-state index contributed by atoms with van der Waals surface area (Å²) >= 11 is 1.17. The molecule has 0 aliphatic rings. The van der Waals surface area contributed by atoms with Gasteiger partial charge in [-0.3, -0.25) is 14.9 Å². The molecule has 2 N–H and O–H groups in total. The molecule has 3 aromatic heterocycles. The second-order valence-corrected chi connectivity index (χ2v) is 6.53. The number of amides is 3. The average Bonchev–Trinajstić information content (AvgIpc) is 3.20. The van der Waals surface area contributed by atoms with Gasteiger partial charge in [0.1, 0.15) is 16.3 Å². The molecule has 9 heteroatoms. The van der Waals surface area contributed by atoms with E-state index >= 15 is 0 Å². The highest BCUT2D eigenvalue weighted by Crippen LogP contribution is 2.24. The highest BCUT2D eigenvalue weighted by atomic mass is 32.1. The van der Waals surface area contributed by atoms with Crippen LogP contribution in [0.4, 0.5) is 9.80 Å². The number of carbonyl (C=O) groups excluding carboxylic acids is 3. The Balaban J connectivity index is 1.72. The highest BCUT2D eigenvalue weighted by Gasteiger charge is 2.20. The van der Waals surface area contributed by atoms with Crippen molar-refractivity contribution in [3.05, 3.63) is 53.3 Å². The van der Waals surface area contributed by atoms with Crippen LogP contribution in [0, 0.1) is 0 Å². The summed E-state index contributed by atoms with van der Waals surface area (Å²) in [6.07, 6.45) is 2.19. The minimum absolute atomic E-state index is 0.174. The molecule has 0 spiro atoms. The summed E-state index contributed by atoms with van der Waals surface area (Å²) in [4.78, 5) is 40.4. The number of hydrogen-bond acceptors (Lipinski definition) is 6.